The van der Waals surface area contributed by atoms with Gasteiger partial charge in [-0.3, -0.25) is 9.69 Å². The first kappa shape index (κ1) is 18.5. The van der Waals surface area contributed by atoms with E-state index in [1.165, 1.54) is 5.69 Å². The van der Waals surface area contributed by atoms with Gasteiger partial charge in [-0.2, -0.15) is 0 Å². The van der Waals surface area contributed by atoms with Crippen molar-refractivity contribution in [3.8, 4) is 5.75 Å². The van der Waals surface area contributed by atoms with Crippen LogP contribution in [-0.4, -0.2) is 38.2 Å². The second-order valence-electron chi connectivity index (χ2n) is 7.14. The highest BCUT2D eigenvalue weighted by Crippen LogP contribution is 2.21. The summed E-state index contributed by atoms with van der Waals surface area (Å²) < 4.78 is 5.23. The van der Waals surface area contributed by atoms with Crippen LogP contribution in [-0.2, 0) is 6.54 Å². The summed E-state index contributed by atoms with van der Waals surface area (Å²) in [5, 5.41) is 0. The van der Waals surface area contributed by atoms with Gasteiger partial charge in [-0.05, 0) is 30.2 Å². The Morgan fingerprint density at radius 3 is 2.23 bits per heavy atom. The molecule has 0 saturated carbocycles. The molecule has 0 N–H and O–H groups in total. The van der Waals surface area contributed by atoms with Gasteiger partial charge in [0, 0.05) is 49.5 Å². The van der Waals surface area contributed by atoms with Crippen molar-refractivity contribution in [1.82, 2.24) is 4.90 Å². The summed E-state index contributed by atoms with van der Waals surface area (Å²) >= 11 is 0. The molecule has 0 atom stereocenters. The molecule has 1 heterocycles. The predicted octanol–water partition coefficient (Wildman–Crippen LogP) is 3.50. The van der Waals surface area contributed by atoms with Crippen LogP contribution in [0.2, 0.25) is 0 Å². The number of methoxy groups -OCH3 is 1. The third-order valence-corrected chi connectivity index (χ3v) is 5.06. The van der Waals surface area contributed by atoms with Crippen LogP contribution >= 0.6 is 0 Å². The zero-order valence-electron chi connectivity index (χ0n) is 15.9. The van der Waals surface area contributed by atoms with E-state index in [4.69, 9.17) is 4.74 Å². The van der Waals surface area contributed by atoms with Crippen LogP contribution in [0.4, 0.5) is 5.69 Å². The third-order valence-electron chi connectivity index (χ3n) is 5.06. The Morgan fingerprint density at radius 2 is 1.62 bits per heavy atom. The molecule has 2 aromatic rings. The summed E-state index contributed by atoms with van der Waals surface area (Å²) in [6.45, 7) is 8.74. The van der Waals surface area contributed by atoms with Gasteiger partial charge in [-0.1, -0.05) is 38.1 Å². The number of rotatable bonds is 5. The SMILES string of the molecule is COc1ccc(N2CCN(Cc3ccccc(C(C)C)c3=O)CC2)cc1. The average molecular weight is 352 g/mol. The van der Waals surface area contributed by atoms with Gasteiger partial charge in [0.05, 0.1) is 7.11 Å². The summed E-state index contributed by atoms with van der Waals surface area (Å²) in [5.74, 6) is 1.13. The molecule has 0 aliphatic carbocycles. The first-order valence-electron chi connectivity index (χ1n) is 9.32. The van der Waals surface area contributed by atoms with Gasteiger partial charge in [0.1, 0.15) is 5.75 Å². The van der Waals surface area contributed by atoms with E-state index >= 15 is 0 Å². The highest BCUT2D eigenvalue weighted by molar-refractivity contribution is 5.49. The van der Waals surface area contributed by atoms with E-state index < -0.39 is 0 Å². The van der Waals surface area contributed by atoms with Crippen molar-refractivity contribution >= 4 is 5.69 Å². The van der Waals surface area contributed by atoms with Crippen molar-refractivity contribution in [3.05, 3.63) is 69.9 Å². The van der Waals surface area contributed by atoms with Gasteiger partial charge >= 0.3 is 0 Å². The number of nitrogens with zero attached hydrogens (tertiary/aromatic N) is 2. The smallest absolute Gasteiger partial charge is 0.186 e. The van der Waals surface area contributed by atoms with E-state index in [0.29, 0.717) is 0 Å². The molecule has 1 aliphatic rings. The third kappa shape index (κ3) is 4.25. The van der Waals surface area contributed by atoms with Crippen LogP contribution in [0.1, 0.15) is 30.9 Å². The number of hydrogen-bond donors (Lipinski definition) is 0. The summed E-state index contributed by atoms with van der Waals surface area (Å²) in [6.07, 6.45) is 0. The second-order valence-corrected chi connectivity index (χ2v) is 7.14. The lowest BCUT2D eigenvalue weighted by atomic mass is 10.0. The Bertz CT molecular complexity index is 779. The van der Waals surface area contributed by atoms with Gasteiger partial charge < -0.3 is 9.64 Å². The first-order chi connectivity index (χ1) is 12.6. The van der Waals surface area contributed by atoms with Crippen LogP contribution in [0.3, 0.4) is 0 Å². The maximum absolute atomic E-state index is 12.8. The van der Waals surface area contributed by atoms with Gasteiger partial charge in [0.15, 0.2) is 5.43 Å². The molecule has 4 nitrogen and oxygen atoms in total. The Hall–Kier alpha value is -2.33. The van der Waals surface area contributed by atoms with Crippen LogP contribution in [0, 0.1) is 0 Å². The summed E-state index contributed by atoms with van der Waals surface area (Å²) in [7, 11) is 1.69. The standard InChI is InChI=1S/C22H28N2O2/c1-17(2)21-7-5-4-6-18(22(21)25)16-23-12-14-24(15-13-23)19-8-10-20(26-3)11-9-19/h4-11,17H,12-16H2,1-3H3. The van der Waals surface area contributed by atoms with Crippen molar-refractivity contribution < 1.29 is 4.74 Å². The monoisotopic (exact) mass is 352 g/mol. The molecule has 0 spiro atoms. The molecule has 2 aromatic carbocycles. The zero-order valence-corrected chi connectivity index (χ0v) is 15.9. The van der Waals surface area contributed by atoms with Crippen LogP contribution in [0.15, 0.2) is 53.3 Å². The molecule has 1 fully saturated rings. The van der Waals surface area contributed by atoms with E-state index in [2.05, 4.69) is 35.8 Å². The van der Waals surface area contributed by atoms with Gasteiger partial charge in [0.2, 0.25) is 0 Å². The Balaban J connectivity index is 1.65. The highest BCUT2D eigenvalue weighted by Gasteiger charge is 2.18. The normalized spacial score (nSPS) is 15.3. The van der Waals surface area contributed by atoms with Crippen molar-refractivity contribution in [2.45, 2.75) is 26.3 Å². The fourth-order valence-electron chi connectivity index (χ4n) is 3.44. The molecule has 4 heteroatoms. The average Bonchev–Trinajstić information content (AvgIpc) is 2.84. The van der Waals surface area contributed by atoms with E-state index in [1.54, 1.807) is 7.11 Å². The number of anilines is 1. The summed E-state index contributed by atoms with van der Waals surface area (Å²) in [4.78, 5) is 17.5. The molecule has 3 rings (SSSR count). The predicted molar refractivity (Wildman–Crippen MR) is 107 cm³/mol. The maximum Gasteiger partial charge on any atom is 0.186 e. The van der Waals surface area contributed by atoms with Crippen molar-refractivity contribution in [1.29, 1.82) is 0 Å². The lowest BCUT2D eigenvalue weighted by molar-refractivity contribution is 0.249. The molecule has 0 bridgehead atoms. The lowest BCUT2D eigenvalue weighted by Gasteiger charge is -2.36. The second kappa shape index (κ2) is 8.37. The molecule has 0 unspecified atom stereocenters. The molecule has 0 amide bonds. The fourth-order valence-corrected chi connectivity index (χ4v) is 3.44. The van der Waals surface area contributed by atoms with Crippen molar-refractivity contribution in [2.24, 2.45) is 0 Å². The van der Waals surface area contributed by atoms with Crippen LogP contribution in [0.5, 0.6) is 5.75 Å². The van der Waals surface area contributed by atoms with Gasteiger partial charge in [-0.25, -0.2) is 0 Å². The Kier molecular flexibility index (Phi) is 5.94. The van der Waals surface area contributed by atoms with E-state index in [9.17, 15) is 4.79 Å². The summed E-state index contributed by atoms with van der Waals surface area (Å²) in [6, 6.07) is 16.1. The molecule has 0 aromatic heterocycles. The highest BCUT2D eigenvalue weighted by atomic mass is 16.5. The molecule has 138 valence electrons. The van der Waals surface area contributed by atoms with Crippen LogP contribution < -0.4 is 15.1 Å². The largest absolute Gasteiger partial charge is 0.497 e. The van der Waals surface area contributed by atoms with Crippen molar-refractivity contribution in [2.75, 3.05) is 38.2 Å². The Morgan fingerprint density at radius 1 is 0.962 bits per heavy atom. The summed E-state index contributed by atoms with van der Waals surface area (Å²) in [5.41, 5.74) is 3.23. The number of piperazine rings is 1. The number of benzene rings is 1. The van der Waals surface area contributed by atoms with Crippen LogP contribution in [0.25, 0.3) is 0 Å². The molecule has 0 radical (unpaired) electrons. The minimum atomic E-state index is 0.197. The van der Waals surface area contributed by atoms with Crippen molar-refractivity contribution in [3.63, 3.8) is 0 Å². The molecular formula is C22H28N2O2. The zero-order chi connectivity index (χ0) is 18.5. The van der Waals surface area contributed by atoms with E-state index in [0.717, 1.165) is 49.6 Å². The molecular weight excluding hydrogens is 324 g/mol. The maximum atomic E-state index is 12.8. The van der Waals surface area contributed by atoms with Gasteiger partial charge in [0.25, 0.3) is 0 Å². The fraction of sp³-hybridized carbons (Fsp3) is 0.409. The first-order valence-corrected chi connectivity index (χ1v) is 9.32. The Labute approximate surface area is 156 Å². The number of hydrogen-bond acceptors (Lipinski definition) is 4. The van der Waals surface area contributed by atoms with Gasteiger partial charge in [-0.15, -0.1) is 0 Å². The minimum absolute atomic E-state index is 0.197. The molecule has 26 heavy (non-hydrogen) atoms. The minimum Gasteiger partial charge on any atom is -0.497 e. The molecule has 1 saturated heterocycles. The number of ether oxygens (including phenoxy) is 1. The quantitative estimate of drug-likeness (QED) is 0.824. The van der Waals surface area contributed by atoms with E-state index in [-0.39, 0.29) is 11.3 Å². The van der Waals surface area contributed by atoms with E-state index in [1.807, 2.05) is 36.4 Å². The topological polar surface area (TPSA) is 32.8 Å². The molecule has 1 aliphatic heterocycles. The lowest BCUT2D eigenvalue weighted by Crippen LogP contribution is -2.46.